The van der Waals surface area contributed by atoms with E-state index in [9.17, 15) is 14.4 Å². The highest BCUT2D eigenvalue weighted by molar-refractivity contribution is 5.71. The van der Waals surface area contributed by atoms with Crippen molar-refractivity contribution < 1.29 is 28.6 Å². The van der Waals surface area contributed by atoms with E-state index in [-0.39, 0.29) is 31.1 Å². The summed E-state index contributed by atoms with van der Waals surface area (Å²) in [5.74, 6) is -0.907. The molecular weight excluding hydrogens is 901 g/mol. The molecule has 0 rings (SSSR count). The van der Waals surface area contributed by atoms with E-state index in [1.54, 1.807) is 0 Å². The predicted molar refractivity (Wildman–Crippen MR) is 316 cm³/mol. The Hall–Kier alpha value is -3.67. The fourth-order valence-corrected chi connectivity index (χ4v) is 8.54. The minimum atomic E-state index is -0.780. The van der Waals surface area contributed by atoms with E-state index in [1.807, 2.05) is 0 Å². The van der Waals surface area contributed by atoms with Crippen LogP contribution in [0.3, 0.4) is 0 Å². The molecule has 0 aromatic carbocycles. The standard InChI is InChI=1S/C67H114O6/c1-4-7-10-13-15-17-19-21-23-24-25-26-27-28-29-30-31-32-33-34-35-36-37-38-39-40-41-42-44-45-47-49-51-54-57-60-66(69)72-63-64(62-71-65(68)59-56-53-12-9-6-3)73-67(70)61-58-55-52-50-48-46-43-22-20-18-16-14-11-8-5-2/h7-8,10-11,15-18,21-23,25-26,28-29,43,64H,4-6,9,12-14,19-20,24,27,30-42,44-63H2,1-3H3/b10-7-,11-8-,17-15-,18-16-,23-21-,26-25-,29-28-,43-22-. The molecule has 1 atom stereocenters. The second-order valence-corrected chi connectivity index (χ2v) is 20.2. The van der Waals surface area contributed by atoms with Crippen molar-refractivity contribution in [2.24, 2.45) is 0 Å². The Kier molecular flexibility index (Phi) is 57.8. The fraction of sp³-hybridized carbons (Fsp3) is 0.716. The molecule has 0 amide bonds. The lowest BCUT2D eigenvalue weighted by Crippen LogP contribution is -2.30. The molecule has 0 aromatic rings. The van der Waals surface area contributed by atoms with Crippen molar-refractivity contribution in [1.29, 1.82) is 0 Å². The average molecular weight is 1020 g/mol. The smallest absolute Gasteiger partial charge is 0.306 e. The quantitative estimate of drug-likeness (QED) is 0.0261. The number of allylic oxidation sites excluding steroid dienone is 16. The number of hydrogen-bond donors (Lipinski definition) is 0. The zero-order valence-electron chi connectivity index (χ0n) is 47.9. The Morgan fingerprint density at radius 1 is 0.288 bits per heavy atom. The molecule has 0 bridgehead atoms. The van der Waals surface area contributed by atoms with Crippen molar-refractivity contribution in [1.82, 2.24) is 0 Å². The van der Waals surface area contributed by atoms with E-state index in [0.717, 1.165) is 135 Å². The van der Waals surface area contributed by atoms with Gasteiger partial charge in [0.25, 0.3) is 0 Å². The van der Waals surface area contributed by atoms with Crippen molar-refractivity contribution in [2.75, 3.05) is 13.2 Å². The van der Waals surface area contributed by atoms with Gasteiger partial charge in [-0.3, -0.25) is 14.4 Å². The van der Waals surface area contributed by atoms with E-state index in [1.165, 1.54) is 116 Å². The third kappa shape index (κ3) is 59.1. The number of hydrogen-bond acceptors (Lipinski definition) is 6. The average Bonchev–Trinajstić information content (AvgIpc) is 3.39. The zero-order valence-corrected chi connectivity index (χ0v) is 47.9. The first-order valence-electron chi connectivity index (χ1n) is 30.7. The topological polar surface area (TPSA) is 78.9 Å². The van der Waals surface area contributed by atoms with Crippen LogP contribution < -0.4 is 0 Å². The van der Waals surface area contributed by atoms with Gasteiger partial charge in [-0.1, -0.05) is 272 Å². The van der Waals surface area contributed by atoms with Gasteiger partial charge in [0.1, 0.15) is 13.2 Å². The molecule has 1 unspecified atom stereocenters. The third-order valence-corrected chi connectivity index (χ3v) is 13.1. The minimum absolute atomic E-state index is 0.0815. The lowest BCUT2D eigenvalue weighted by Gasteiger charge is -2.18. The van der Waals surface area contributed by atoms with Crippen LogP contribution in [-0.4, -0.2) is 37.2 Å². The molecule has 0 saturated heterocycles. The molecular formula is C67H114O6. The molecule has 418 valence electrons. The number of carbonyl (C=O) groups excluding carboxylic acids is 3. The minimum Gasteiger partial charge on any atom is -0.462 e. The largest absolute Gasteiger partial charge is 0.462 e. The van der Waals surface area contributed by atoms with Gasteiger partial charge in [-0.15, -0.1) is 0 Å². The van der Waals surface area contributed by atoms with Crippen molar-refractivity contribution >= 4 is 17.9 Å². The van der Waals surface area contributed by atoms with E-state index in [0.29, 0.717) is 19.3 Å². The Morgan fingerprint density at radius 3 is 0.836 bits per heavy atom. The molecule has 0 aliphatic heterocycles. The Labute approximate surface area is 451 Å². The van der Waals surface area contributed by atoms with Crippen LogP contribution in [0.25, 0.3) is 0 Å². The van der Waals surface area contributed by atoms with Crippen LogP contribution in [0, 0.1) is 0 Å². The number of carbonyl (C=O) groups is 3. The number of esters is 3. The van der Waals surface area contributed by atoms with Gasteiger partial charge < -0.3 is 14.2 Å². The molecule has 0 aliphatic carbocycles. The normalized spacial score (nSPS) is 12.8. The first kappa shape index (κ1) is 69.3. The monoisotopic (exact) mass is 1010 g/mol. The van der Waals surface area contributed by atoms with Gasteiger partial charge in [-0.2, -0.15) is 0 Å². The van der Waals surface area contributed by atoms with Gasteiger partial charge in [0.2, 0.25) is 0 Å². The summed E-state index contributed by atoms with van der Waals surface area (Å²) in [6.45, 7) is 6.33. The summed E-state index contributed by atoms with van der Waals surface area (Å²) >= 11 is 0. The third-order valence-electron chi connectivity index (χ3n) is 13.1. The highest BCUT2D eigenvalue weighted by Crippen LogP contribution is 2.16. The highest BCUT2D eigenvalue weighted by atomic mass is 16.6. The molecule has 0 aliphatic rings. The number of rotatable bonds is 55. The maximum Gasteiger partial charge on any atom is 0.306 e. The van der Waals surface area contributed by atoms with Gasteiger partial charge in [0, 0.05) is 19.3 Å². The van der Waals surface area contributed by atoms with Crippen LogP contribution in [0.2, 0.25) is 0 Å². The summed E-state index contributed by atoms with van der Waals surface area (Å²) in [5.41, 5.74) is 0. The second-order valence-electron chi connectivity index (χ2n) is 20.2. The molecule has 0 N–H and O–H groups in total. The van der Waals surface area contributed by atoms with Gasteiger partial charge in [-0.05, 0) is 96.3 Å². The molecule has 0 aromatic heterocycles. The van der Waals surface area contributed by atoms with Crippen molar-refractivity contribution in [3.63, 3.8) is 0 Å². The lowest BCUT2D eigenvalue weighted by molar-refractivity contribution is -0.167. The van der Waals surface area contributed by atoms with Crippen LogP contribution in [0.5, 0.6) is 0 Å². The van der Waals surface area contributed by atoms with Gasteiger partial charge >= 0.3 is 17.9 Å². The van der Waals surface area contributed by atoms with E-state index in [2.05, 4.69) is 118 Å². The molecule has 6 heteroatoms. The first-order chi connectivity index (χ1) is 36.0. The molecule has 73 heavy (non-hydrogen) atoms. The molecule has 6 nitrogen and oxygen atoms in total. The molecule has 0 saturated carbocycles. The molecule has 0 fully saturated rings. The fourth-order valence-electron chi connectivity index (χ4n) is 8.54. The summed E-state index contributed by atoms with van der Waals surface area (Å²) in [6.07, 6.45) is 81.9. The summed E-state index contributed by atoms with van der Waals surface area (Å²) in [4.78, 5) is 37.8. The summed E-state index contributed by atoms with van der Waals surface area (Å²) in [6, 6.07) is 0. The predicted octanol–water partition coefficient (Wildman–Crippen LogP) is 20.9. The Balaban J connectivity index is 3.92. The van der Waals surface area contributed by atoms with Gasteiger partial charge in [0.15, 0.2) is 6.10 Å². The van der Waals surface area contributed by atoms with Crippen LogP contribution in [-0.2, 0) is 28.6 Å². The van der Waals surface area contributed by atoms with E-state index >= 15 is 0 Å². The first-order valence-corrected chi connectivity index (χ1v) is 30.7. The summed E-state index contributed by atoms with van der Waals surface area (Å²) < 4.78 is 16.7. The Morgan fingerprint density at radius 2 is 0.534 bits per heavy atom. The van der Waals surface area contributed by atoms with Crippen LogP contribution in [0.1, 0.15) is 290 Å². The van der Waals surface area contributed by atoms with Gasteiger partial charge in [-0.25, -0.2) is 0 Å². The van der Waals surface area contributed by atoms with Crippen molar-refractivity contribution in [3.05, 3.63) is 97.2 Å². The van der Waals surface area contributed by atoms with Crippen molar-refractivity contribution in [2.45, 2.75) is 297 Å². The van der Waals surface area contributed by atoms with Gasteiger partial charge in [0.05, 0.1) is 0 Å². The maximum atomic E-state index is 12.8. The van der Waals surface area contributed by atoms with Crippen LogP contribution in [0.4, 0.5) is 0 Å². The number of ether oxygens (including phenoxy) is 3. The van der Waals surface area contributed by atoms with E-state index in [4.69, 9.17) is 14.2 Å². The molecule has 0 heterocycles. The van der Waals surface area contributed by atoms with E-state index < -0.39 is 6.10 Å². The molecule has 0 spiro atoms. The lowest BCUT2D eigenvalue weighted by atomic mass is 10.0. The maximum absolute atomic E-state index is 12.8. The van der Waals surface area contributed by atoms with Crippen molar-refractivity contribution in [3.8, 4) is 0 Å². The SMILES string of the molecule is CC/C=C\C/C=C\C/C=C\C/C=C\C/C=C\CCCCCCCCCCCCCCCCCCCCCC(=O)OCC(COC(=O)CCCCCCC)OC(=O)CCCCCCC/C=C\C/C=C\C/C=C\CC. The summed E-state index contributed by atoms with van der Waals surface area (Å²) in [5, 5.41) is 0. The zero-order chi connectivity index (χ0) is 52.9. The summed E-state index contributed by atoms with van der Waals surface area (Å²) in [7, 11) is 0. The molecule has 0 radical (unpaired) electrons. The number of unbranched alkanes of at least 4 members (excludes halogenated alkanes) is 28. The second kappa shape index (κ2) is 60.9. The highest BCUT2D eigenvalue weighted by Gasteiger charge is 2.19. The Bertz CT molecular complexity index is 1440. The van der Waals surface area contributed by atoms with Crippen LogP contribution >= 0.6 is 0 Å². The van der Waals surface area contributed by atoms with Crippen LogP contribution in [0.15, 0.2) is 97.2 Å².